The van der Waals surface area contributed by atoms with Crippen molar-refractivity contribution in [2.45, 2.75) is 32.7 Å². The molecule has 0 saturated carbocycles. The standard InChI is InChI=1S/C24H26N4O3/c1-5-16-6-7-17(12-19(16)15-29)20-8-9-21(26-20)27-22(30)13-25-23(31)18-10-11-28(14-18)24(2,3)4/h5-8,10-12,14-15H,1,9,13H2,2-4H3,(H,25,31)(H,26,27,30). The van der Waals surface area contributed by atoms with Crippen LogP contribution in [0.2, 0.25) is 0 Å². The molecule has 1 aromatic heterocycles. The number of aliphatic imine (C=N–C) groups is 1. The van der Waals surface area contributed by atoms with Crippen LogP contribution < -0.4 is 10.6 Å². The topological polar surface area (TPSA) is 92.6 Å². The third-order valence-corrected chi connectivity index (χ3v) is 4.90. The first-order chi connectivity index (χ1) is 14.7. The van der Waals surface area contributed by atoms with Gasteiger partial charge in [-0.2, -0.15) is 0 Å². The zero-order valence-corrected chi connectivity index (χ0v) is 17.9. The smallest absolute Gasteiger partial charge is 0.253 e. The number of hydrogen-bond donors (Lipinski definition) is 2. The second-order valence-corrected chi connectivity index (χ2v) is 8.23. The Balaban J connectivity index is 1.56. The predicted molar refractivity (Wildman–Crippen MR) is 122 cm³/mol. The lowest BCUT2D eigenvalue weighted by Gasteiger charge is -2.20. The third-order valence-electron chi connectivity index (χ3n) is 4.90. The second-order valence-electron chi connectivity index (χ2n) is 8.23. The lowest BCUT2D eigenvalue weighted by molar-refractivity contribution is -0.118. The van der Waals surface area contributed by atoms with Gasteiger partial charge in [0.15, 0.2) is 6.29 Å². The van der Waals surface area contributed by atoms with Crippen molar-refractivity contribution in [2.24, 2.45) is 4.99 Å². The molecule has 3 rings (SSSR count). The molecule has 1 aliphatic rings. The van der Waals surface area contributed by atoms with Gasteiger partial charge in [0.25, 0.3) is 5.91 Å². The van der Waals surface area contributed by atoms with Crippen LogP contribution in [-0.4, -0.2) is 35.0 Å². The van der Waals surface area contributed by atoms with Gasteiger partial charge in [-0.1, -0.05) is 30.9 Å². The predicted octanol–water partition coefficient (Wildman–Crippen LogP) is 3.39. The van der Waals surface area contributed by atoms with E-state index in [0.717, 1.165) is 17.4 Å². The third kappa shape index (κ3) is 5.25. The van der Waals surface area contributed by atoms with E-state index >= 15 is 0 Å². The normalized spacial score (nSPS) is 13.3. The fraction of sp³-hybridized carbons (Fsp3) is 0.250. The van der Waals surface area contributed by atoms with Crippen LogP contribution >= 0.6 is 0 Å². The van der Waals surface area contributed by atoms with Gasteiger partial charge in [0.1, 0.15) is 5.84 Å². The highest BCUT2D eigenvalue weighted by Gasteiger charge is 2.17. The summed E-state index contributed by atoms with van der Waals surface area (Å²) in [4.78, 5) is 40.2. The van der Waals surface area contributed by atoms with Gasteiger partial charge in [-0.25, -0.2) is 4.99 Å². The summed E-state index contributed by atoms with van der Waals surface area (Å²) >= 11 is 0. The lowest BCUT2D eigenvalue weighted by Crippen LogP contribution is -2.39. The fourth-order valence-electron chi connectivity index (χ4n) is 3.13. The Hall–Kier alpha value is -3.74. The van der Waals surface area contributed by atoms with Gasteiger partial charge < -0.3 is 15.2 Å². The average Bonchev–Trinajstić information content (AvgIpc) is 3.41. The van der Waals surface area contributed by atoms with Crippen LogP contribution in [0.5, 0.6) is 0 Å². The quantitative estimate of drug-likeness (QED) is 0.705. The van der Waals surface area contributed by atoms with Gasteiger partial charge in [0.2, 0.25) is 5.91 Å². The number of amidine groups is 1. The van der Waals surface area contributed by atoms with Gasteiger partial charge in [0, 0.05) is 35.5 Å². The highest BCUT2D eigenvalue weighted by Crippen LogP contribution is 2.24. The van der Waals surface area contributed by atoms with Crippen LogP contribution in [0.15, 0.2) is 54.3 Å². The van der Waals surface area contributed by atoms with Crippen LogP contribution in [0.3, 0.4) is 0 Å². The number of carbonyl (C=O) groups is 3. The SMILES string of the molecule is C=Cc1ccc(C2=CCC(NC(=O)CNC(=O)c3ccn(C(C)(C)C)c3)=N2)cc1C=O. The number of amides is 2. The first kappa shape index (κ1) is 22.0. The molecule has 0 spiro atoms. The molecule has 1 aliphatic heterocycles. The Morgan fingerprint density at radius 1 is 1.23 bits per heavy atom. The molecule has 0 aliphatic carbocycles. The summed E-state index contributed by atoms with van der Waals surface area (Å²) in [6.45, 7) is 9.66. The number of aldehydes is 1. The monoisotopic (exact) mass is 418 g/mol. The Morgan fingerprint density at radius 3 is 2.65 bits per heavy atom. The molecule has 2 heterocycles. The molecule has 0 unspecified atom stereocenters. The minimum atomic E-state index is -0.354. The summed E-state index contributed by atoms with van der Waals surface area (Å²) in [7, 11) is 0. The van der Waals surface area contributed by atoms with E-state index in [2.05, 4.69) is 22.2 Å². The highest BCUT2D eigenvalue weighted by atomic mass is 16.2. The first-order valence-electron chi connectivity index (χ1n) is 9.97. The largest absolute Gasteiger partial charge is 0.348 e. The highest BCUT2D eigenvalue weighted by molar-refractivity contribution is 6.05. The van der Waals surface area contributed by atoms with Crippen LogP contribution in [0, 0.1) is 0 Å². The van der Waals surface area contributed by atoms with Crippen molar-refractivity contribution in [3.8, 4) is 0 Å². The van der Waals surface area contributed by atoms with E-state index in [-0.39, 0.29) is 23.9 Å². The Morgan fingerprint density at radius 2 is 2.00 bits per heavy atom. The van der Waals surface area contributed by atoms with Crippen molar-refractivity contribution in [2.75, 3.05) is 6.54 Å². The molecule has 7 heteroatoms. The van der Waals surface area contributed by atoms with E-state index in [4.69, 9.17) is 0 Å². The van der Waals surface area contributed by atoms with Crippen LogP contribution in [-0.2, 0) is 10.3 Å². The maximum Gasteiger partial charge on any atom is 0.253 e. The van der Waals surface area contributed by atoms with Crippen molar-refractivity contribution in [1.82, 2.24) is 15.2 Å². The Kier molecular flexibility index (Phi) is 6.34. The molecular weight excluding hydrogens is 392 g/mol. The molecule has 0 bridgehead atoms. The second kappa shape index (κ2) is 8.95. The van der Waals surface area contributed by atoms with E-state index in [1.54, 1.807) is 24.4 Å². The molecule has 2 amide bonds. The van der Waals surface area contributed by atoms with Crippen molar-refractivity contribution in [3.63, 3.8) is 0 Å². The van der Waals surface area contributed by atoms with Gasteiger partial charge in [-0.3, -0.25) is 14.4 Å². The van der Waals surface area contributed by atoms with E-state index in [1.165, 1.54) is 0 Å². The van der Waals surface area contributed by atoms with E-state index in [1.807, 2.05) is 49.7 Å². The molecule has 2 aromatic rings. The van der Waals surface area contributed by atoms with E-state index in [9.17, 15) is 14.4 Å². The molecule has 160 valence electrons. The van der Waals surface area contributed by atoms with Crippen LogP contribution in [0.1, 0.15) is 59.0 Å². The summed E-state index contributed by atoms with van der Waals surface area (Å²) in [6, 6.07) is 7.13. The van der Waals surface area contributed by atoms with Crippen molar-refractivity contribution in [3.05, 3.63) is 71.6 Å². The fourth-order valence-corrected chi connectivity index (χ4v) is 3.13. The van der Waals surface area contributed by atoms with Gasteiger partial charge in [0.05, 0.1) is 17.8 Å². The van der Waals surface area contributed by atoms with Gasteiger partial charge in [-0.05, 0) is 38.5 Å². The summed E-state index contributed by atoms with van der Waals surface area (Å²) in [5.41, 5.74) is 3.13. The minimum Gasteiger partial charge on any atom is -0.348 e. The number of nitrogens with one attached hydrogen (secondary N) is 2. The summed E-state index contributed by atoms with van der Waals surface area (Å²) in [5, 5.41) is 5.34. The Labute approximate surface area is 181 Å². The summed E-state index contributed by atoms with van der Waals surface area (Å²) in [5.74, 6) is -0.171. The molecule has 0 radical (unpaired) electrons. The van der Waals surface area contributed by atoms with Gasteiger partial charge >= 0.3 is 0 Å². The average molecular weight is 418 g/mol. The molecule has 1 aromatic carbocycles. The molecule has 7 nitrogen and oxygen atoms in total. The zero-order chi connectivity index (χ0) is 22.6. The molecule has 0 atom stereocenters. The van der Waals surface area contributed by atoms with Crippen LogP contribution in [0.25, 0.3) is 11.8 Å². The number of hydrogen-bond acceptors (Lipinski definition) is 4. The minimum absolute atomic E-state index is 0.125. The molecular formula is C24H26N4O3. The molecule has 0 fully saturated rings. The molecule has 2 N–H and O–H groups in total. The maximum atomic E-state index is 12.3. The number of nitrogens with zero attached hydrogens (tertiary/aromatic N) is 2. The number of aromatic nitrogens is 1. The molecule has 0 saturated heterocycles. The zero-order valence-electron chi connectivity index (χ0n) is 17.9. The van der Waals surface area contributed by atoms with Crippen molar-refractivity contribution < 1.29 is 14.4 Å². The Bertz CT molecular complexity index is 1100. The van der Waals surface area contributed by atoms with Crippen molar-refractivity contribution >= 4 is 35.7 Å². The van der Waals surface area contributed by atoms with Crippen molar-refractivity contribution in [1.29, 1.82) is 0 Å². The summed E-state index contributed by atoms with van der Waals surface area (Å²) in [6.07, 6.45) is 8.34. The number of benzene rings is 1. The number of carbonyl (C=O) groups excluding carboxylic acids is 3. The summed E-state index contributed by atoms with van der Waals surface area (Å²) < 4.78 is 1.94. The van der Waals surface area contributed by atoms with E-state index < -0.39 is 0 Å². The lowest BCUT2D eigenvalue weighted by atomic mass is 10.0. The van der Waals surface area contributed by atoms with E-state index in [0.29, 0.717) is 29.1 Å². The van der Waals surface area contributed by atoms with Crippen LogP contribution in [0.4, 0.5) is 0 Å². The first-order valence-corrected chi connectivity index (χ1v) is 9.97. The number of rotatable bonds is 6. The molecule has 31 heavy (non-hydrogen) atoms. The maximum absolute atomic E-state index is 12.3. The van der Waals surface area contributed by atoms with Gasteiger partial charge in [-0.15, -0.1) is 0 Å².